The van der Waals surface area contributed by atoms with E-state index in [9.17, 15) is 15.0 Å². The van der Waals surface area contributed by atoms with Crippen LogP contribution in [0.3, 0.4) is 0 Å². The summed E-state index contributed by atoms with van der Waals surface area (Å²) in [5.41, 5.74) is 1.59. The molecule has 80 valence electrons. The highest BCUT2D eigenvalue weighted by Crippen LogP contribution is 2.28. The molecule has 1 saturated heterocycles. The Morgan fingerprint density at radius 3 is 2.80 bits per heavy atom. The molecule has 0 bridgehead atoms. The number of aromatic hydroxyl groups is 1. The van der Waals surface area contributed by atoms with Crippen molar-refractivity contribution in [3.8, 4) is 5.75 Å². The highest BCUT2D eigenvalue weighted by Gasteiger charge is 2.29. The first-order valence-corrected chi connectivity index (χ1v) is 4.86. The summed E-state index contributed by atoms with van der Waals surface area (Å²) >= 11 is 0. The van der Waals surface area contributed by atoms with Gasteiger partial charge in [-0.15, -0.1) is 0 Å². The maximum atomic E-state index is 11.5. The summed E-state index contributed by atoms with van der Waals surface area (Å²) < 4.78 is 0. The van der Waals surface area contributed by atoms with Crippen molar-refractivity contribution >= 4 is 11.6 Å². The van der Waals surface area contributed by atoms with Crippen LogP contribution in [0.5, 0.6) is 5.75 Å². The van der Waals surface area contributed by atoms with E-state index in [0.717, 1.165) is 5.56 Å². The minimum absolute atomic E-state index is 0.101. The molecule has 0 aromatic heterocycles. The van der Waals surface area contributed by atoms with Crippen molar-refractivity contribution in [2.24, 2.45) is 0 Å². The van der Waals surface area contributed by atoms with E-state index in [1.807, 2.05) is 6.92 Å². The molecule has 4 heteroatoms. The zero-order chi connectivity index (χ0) is 11.0. The molecule has 1 fully saturated rings. The fraction of sp³-hybridized carbons (Fsp3) is 0.364. The van der Waals surface area contributed by atoms with Gasteiger partial charge >= 0.3 is 0 Å². The van der Waals surface area contributed by atoms with Crippen LogP contribution in [0.4, 0.5) is 5.69 Å². The molecule has 2 rings (SSSR count). The molecule has 1 aliphatic heterocycles. The van der Waals surface area contributed by atoms with Crippen LogP contribution in [0.2, 0.25) is 0 Å². The third-order valence-corrected chi connectivity index (χ3v) is 2.59. The second-order valence-electron chi connectivity index (χ2n) is 3.83. The first-order valence-electron chi connectivity index (χ1n) is 4.86. The summed E-state index contributed by atoms with van der Waals surface area (Å²) in [6.45, 7) is 2.18. The van der Waals surface area contributed by atoms with Gasteiger partial charge in [-0.25, -0.2) is 0 Å². The maximum absolute atomic E-state index is 11.5. The number of amides is 1. The highest BCUT2D eigenvalue weighted by atomic mass is 16.3. The average molecular weight is 207 g/mol. The molecule has 4 nitrogen and oxygen atoms in total. The van der Waals surface area contributed by atoms with Crippen molar-refractivity contribution in [1.29, 1.82) is 0 Å². The average Bonchev–Trinajstić information content (AvgIpc) is 2.50. The zero-order valence-corrected chi connectivity index (χ0v) is 8.47. The van der Waals surface area contributed by atoms with Gasteiger partial charge in [0.25, 0.3) is 0 Å². The predicted octanol–water partition coefficient (Wildman–Crippen LogP) is 0.798. The number of hydrogen-bond donors (Lipinski definition) is 2. The number of phenolic OH excluding ortho intramolecular Hbond substituents is 1. The fourth-order valence-electron chi connectivity index (χ4n) is 1.81. The molecule has 1 amide bonds. The highest BCUT2D eigenvalue weighted by molar-refractivity contribution is 5.96. The molecule has 1 atom stereocenters. The Hall–Kier alpha value is -1.55. The number of hydrogen-bond acceptors (Lipinski definition) is 3. The number of anilines is 1. The fourth-order valence-corrected chi connectivity index (χ4v) is 1.81. The SMILES string of the molecule is Cc1ccc(O)cc1N1CC(O)CC1=O. The minimum Gasteiger partial charge on any atom is -0.508 e. The van der Waals surface area contributed by atoms with Gasteiger partial charge in [-0.05, 0) is 18.6 Å². The number of aliphatic hydroxyl groups excluding tert-OH is 1. The van der Waals surface area contributed by atoms with Crippen molar-refractivity contribution in [3.05, 3.63) is 23.8 Å². The second-order valence-corrected chi connectivity index (χ2v) is 3.83. The molecule has 0 radical (unpaired) electrons. The van der Waals surface area contributed by atoms with Crippen molar-refractivity contribution in [3.63, 3.8) is 0 Å². The quantitative estimate of drug-likeness (QED) is 0.716. The molecule has 0 aliphatic carbocycles. The van der Waals surface area contributed by atoms with E-state index in [1.54, 1.807) is 18.2 Å². The van der Waals surface area contributed by atoms with Gasteiger partial charge < -0.3 is 15.1 Å². The van der Waals surface area contributed by atoms with Gasteiger partial charge in [0.15, 0.2) is 0 Å². The van der Waals surface area contributed by atoms with Gasteiger partial charge in [-0.3, -0.25) is 4.79 Å². The minimum atomic E-state index is -0.598. The third-order valence-electron chi connectivity index (χ3n) is 2.59. The molecular weight excluding hydrogens is 194 g/mol. The molecule has 1 aliphatic rings. The number of β-amino-alcohol motifs (C(OH)–C–C–N with tert-alkyl or cyclic N) is 1. The first-order chi connectivity index (χ1) is 7.08. The second kappa shape index (κ2) is 3.55. The lowest BCUT2D eigenvalue weighted by Gasteiger charge is -2.18. The van der Waals surface area contributed by atoms with Crippen molar-refractivity contribution in [1.82, 2.24) is 0 Å². The first kappa shape index (κ1) is 9.98. The van der Waals surface area contributed by atoms with Crippen LogP contribution < -0.4 is 4.90 Å². The molecule has 1 aromatic carbocycles. The molecule has 2 N–H and O–H groups in total. The van der Waals surface area contributed by atoms with Crippen LogP contribution in [-0.4, -0.2) is 28.8 Å². The summed E-state index contributed by atoms with van der Waals surface area (Å²) in [6, 6.07) is 4.88. The molecule has 1 aromatic rings. The lowest BCUT2D eigenvalue weighted by molar-refractivity contribution is -0.117. The Morgan fingerprint density at radius 2 is 2.20 bits per heavy atom. The van der Waals surface area contributed by atoms with E-state index in [-0.39, 0.29) is 18.1 Å². The van der Waals surface area contributed by atoms with Gasteiger partial charge in [-0.1, -0.05) is 6.07 Å². The smallest absolute Gasteiger partial charge is 0.229 e. The molecule has 0 saturated carbocycles. The Balaban J connectivity index is 2.37. The molecule has 15 heavy (non-hydrogen) atoms. The van der Waals surface area contributed by atoms with Crippen molar-refractivity contribution < 1.29 is 15.0 Å². The van der Waals surface area contributed by atoms with Crippen LogP contribution in [0.25, 0.3) is 0 Å². The Morgan fingerprint density at radius 1 is 1.47 bits per heavy atom. The summed E-state index contributed by atoms with van der Waals surface area (Å²) in [6.07, 6.45) is -0.436. The van der Waals surface area contributed by atoms with E-state index in [0.29, 0.717) is 12.2 Å². The molecule has 1 unspecified atom stereocenters. The number of aliphatic hydroxyl groups is 1. The Bertz CT molecular complexity index is 403. The number of benzene rings is 1. The summed E-state index contributed by atoms with van der Waals surface area (Å²) in [7, 11) is 0. The van der Waals surface area contributed by atoms with Crippen LogP contribution in [-0.2, 0) is 4.79 Å². The largest absolute Gasteiger partial charge is 0.508 e. The molecule has 1 heterocycles. The third kappa shape index (κ3) is 1.80. The standard InChI is InChI=1S/C11H13NO3/c1-7-2-3-8(13)4-10(7)12-6-9(14)5-11(12)15/h2-4,9,13-14H,5-6H2,1H3. The molecule has 0 spiro atoms. The van der Waals surface area contributed by atoms with E-state index in [4.69, 9.17) is 0 Å². The normalized spacial score (nSPS) is 21.1. The van der Waals surface area contributed by atoms with Crippen molar-refractivity contribution in [2.45, 2.75) is 19.4 Å². The van der Waals surface area contributed by atoms with Crippen LogP contribution in [0.15, 0.2) is 18.2 Å². The molecular formula is C11H13NO3. The number of carbonyl (C=O) groups excluding carboxylic acids is 1. The number of rotatable bonds is 1. The van der Waals surface area contributed by atoms with Gasteiger partial charge in [0, 0.05) is 6.07 Å². The number of nitrogens with zero attached hydrogens (tertiary/aromatic N) is 1. The maximum Gasteiger partial charge on any atom is 0.229 e. The lowest BCUT2D eigenvalue weighted by atomic mass is 10.2. The van der Waals surface area contributed by atoms with Gasteiger partial charge in [0.1, 0.15) is 5.75 Å². The van der Waals surface area contributed by atoms with Gasteiger partial charge in [0.05, 0.1) is 24.8 Å². The number of carbonyl (C=O) groups is 1. The summed E-state index contributed by atoms with van der Waals surface area (Å²) in [5, 5.41) is 18.7. The van der Waals surface area contributed by atoms with E-state index in [1.165, 1.54) is 4.90 Å². The van der Waals surface area contributed by atoms with E-state index in [2.05, 4.69) is 0 Å². The van der Waals surface area contributed by atoms with Crippen molar-refractivity contribution in [2.75, 3.05) is 11.4 Å². The van der Waals surface area contributed by atoms with Crippen LogP contribution in [0, 0.1) is 6.92 Å². The Kier molecular flexibility index (Phi) is 2.36. The topological polar surface area (TPSA) is 60.8 Å². The zero-order valence-electron chi connectivity index (χ0n) is 8.47. The lowest BCUT2D eigenvalue weighted by Crippen LogP contribution is -2.25. The van der Waals surface area contributed by atoms with Gasteiger partial charge in [-0.2, -0.15) is 0 Å². The van der Waals surface area contributed by atoms with E-state index >= 15 is 0 Å². The summed E-state index contributed by atoms with van der Waals surface area (Å²) in [4.78, 5) is 13.0. The monoisotopic (exact) mass is 207 g/mol. The number of aryl methyl sites for hydroxylation is 1. The number of phenols is 1. The van der Waals surface area contributed by atoms with E-state index < -0.39 is 6.10 Å². The van der Waals surface area contributed by atoms with Crippen LogP contribution in [0.1, 0.15) is 12.0 Å². The Labute approximate surface area is 87.8 Å². The van der Waals surface area contributed by atoms with Gasteiger partial charge in [0.2, 0.25) is 5.91 Å². The predicted molar refractivity (Wildman–Crippen MR) is 55.8 cm³/mol. The summed E-state index contributed by atoms with van der Waals surface area (Å²) in [5.74, 6) is 0.0287. The van der Waals surface area contributed by atoms with Crippen LogP contribution >= 0.6 is 0 Å².